The van der Waals surface area contributed by atoms with Crippen molar-refractivity contribution < 1.29 is 19.6 Å². The Morgan fingerprint density at radius 1 is 0.932 bits per heavy atom. The maximum atomic E-state index is 13.3. The van der Waals surface area contributed by atoms with E-state index in [1.54, 1.807) is 17.2 Å². The number of H-pyrrole nitrogens is 2. The molecule has 3 heterocycles. The van der Waals surface area contributed by atoms with Crippen molar-refractivity contribution in [1.29, 1.82) is 5.26 Å². The SMILES string of the molecule is C[C@@H](c1ccc(-c2ccc(=O)[nH]c2)cc1)N1CC[C@](CC(C)(C)C#N)(c2ccccc2)OC1=O.O=c1ccc(B(O)O)c[nH]1. The molecule has 4 aromatic rings. The Hall–Kier alpha value is -4.92. The quantitative estimate of drug-likeness (QED) is 0.237. The molecule has 1 aliphatic heterocycles. The maximum Gasteiger partial charge on any atom is 0.489 e. The molecule has 1 amide bonds. The van der Waals surface area contributed by atoms with Crippen LogP contribution in [0, 0.1) is 16.7 Å². The van der Waals surface area contributed by atoms with Crippen LogP contribution in [0.1, 0.15) is 50.8 Å². The van der Waals surface area contributed by atoms with Crippen molar-refractivity contribution in [2.75, 3.05) is 6.54 Å². The van der Waals surface area contributed by atoms with Crippen LogP contribution >= 0.6 is 0 Å². The minimum absolute atomic E-state index is 0.137. The lowest BCUT2D eigenvalue weighted by Gasteiger charge is -2.45. The number of rotatable bonds is 7. The summed E-state index contributed by atoms with van der Waals surface area (Å²) in [4.78, 5) is 41.8. The number of nitriles is 1. The van der Waals surface area contributed by atoms with Crippen LogP contribution in [0.25, 0.3) is 11.1 Å². The Labute approximate surface area is 255 Å². The highest BCUT2D eigenvalue weighted by atomic mass is 16.6. The van der Waals surface area contributed by atoms with Gasteiger partial charge < -0.3 is 29.7 Å². The van der Waals surface area contributed by atoms with Crippen LogP contribution in [0.4, 0.5) is 4.79 Å². The number of aromatic amines is 2. The Morgan fingerprint density at radius 2 is 1.55 bits per heavy atom. The minimum Gasteiger partial charge on any atom is -0.438 e. The van der Waals surface area contributed by atoms with Gasteiger partial charge in [-0.25, -0.2) is 4.79 Å². The van der Waals surface area contributed by atoms with Gasteiger partial charge in [0.05, 0.1) is 17.5 Å². The summed E-state index contributed by atoms with van der Waals surface area (Å²) in [5, 5.41) is 26.7. The van der Waals surface area contributed by atoms with Crippen LogP contribution in [0.3, 0.4) is 0 Å². The van der Waals surface area contributed by atoms with E-state index < -0.39 is 18.1 Å². The average Bonchev–Trinajstić information content (AvgIpc) is 3.02. The fourth-order valence-corrected chi connectivity index (χ4v) is 5.25. The first-order valence-electron chi connectivity index (χ1n) is 14.2. The van der Waals surface area contributed by atoms with Crippen LogP contribution in [-0.2, 0) is 10.3 Å². The van der Waals surface area contributed by atoms with E-state index in [2.05, 4.69) is 16.0 Å². The highest BCUT2D eigenvalue weighted by Gasteiger charge is 2.46. The molecule has 5 rings (SSSR count). The monoisotopic (exact) mass is 594 g/mol. The minimum atomic E-state index is -1.52. The van der Waals surface area contributed by atoms with Gasteiger partial charge in [-0.05, 0) is 54.6 Å². The van der Waals surface area contributed by atoms with Gasteiger partial charge in [-0.2, -0.15) is 5.26 Å². The summed E-state index contributed by atoms with van der Waals surface area (Å²) in [6.45, 7) is 6.28. The second-order valence-electron chi connectivity index (χ2n) is 11.4. The van der Waals surface area contributed by atoms with E-state index in [-0.39, 0.29) is 28.7 Å². The second-order valence-corrected chi connectivity index (χ2v) is 11.4. The van der Waals surface area contributed by atoms with E-state index in [9.17, 15) is 19.6 Å². The third-order valence-electron chi connectivity index (χ3n) is 7.69. The molecular weight excluding hydrogens is 559 g/mol. The fraction of sp³-hybridized carbons (Fsp3) is 0.273. The van der Waals surface area contributed by atoms with Gasteiger partial charge in [0.25, 0.3) is 0 Å². The van der Waals surface area contributed by atoms with Crippen molar-refractivity contribution in [1.82, 2.24) is 14.9 Å². The zero-order chi connectivity index (χ0) is 31.9. The number of carbonyl (C=O) groups is 1. The number of cyclic esters (lactones) is 1. The number of nitrogens with one attached hydrogen (secondary N) is 2. The standard InChI is InChI=1S/C28H29N3O3.C5H6BNO3/c1-20(21-9-11-22(12-10-21)23-13-14-25(32)30-17-23)31-16-15-28(34-26(31)33,18-27(2,3)19-29)24-7-5-4-6-8-24;8-5-2-1-4(3-7-5)6(9)10/h4-14,17,20H,15-16,18H2,1-3H3,(H,30,32);1-3,9-10H,(H,7,8)/t20-,28-;/m0./s1. The highest BCUT2D eigenvalue weighted by Crippen LogP contribution is 2.44. The third-order valence-corrected chi connectivity index (χ3v) is 7.69. The van der Waals surface area contributed by atoms with E-state index in [0.717, 1.165) is 22.3 Å². The van der Waals surface area contributed by atoms with Gasteiger partial charge in [-0.3, -0.25) is 9.59 Å². The first-order valence-corrected chi connectivity index (χ1v) is 14.2. The number of benzene rings is 2. The molecule has 11 heteroatoms. The predicted molar refractivity (Wildman–Crippen MR) is 168 cm³/mol. The molecule has 10 nitrogen and oxygen atoms in total. The first kappa shape index (κ1) is 32.0. The summed E-state index contributed by atoms with van der Waals surface area (Å²) in [5.41, 5.74) is 2.23. The molecule has 2 aromatic carbocycles. The van der Waals surface area contributed by atoms with Gasteiger partial charge in [0.15, 0.2) is 0 Å². The van der Waals surface area contributed by atoms with Crippen LogP contribution in [0.2, 0.25) is 0 Å². The van der Waals surface area contributed by atoms with Gasteiger partial charge >= 0.3 is 13.2 Å². The summed E-state index contributed by atoms with van der Waals surface area (Å²) in [6.07, 6.45) is 3.61. The molecule has 0 radical (unpaired) electrons. The molecule has 2 atom stereocenters. The van der Waals surface area contributed by atoms with Gasteiger partial charge in [0.2, 0.25) is 11.1 Å². The van der Waals surface area contributed by atoms with E-state index in [4.69, 9.17) is 14.8 Å². The van der Waals surface area contributed by atoms with Gasteiger partial charge in [-0.15, -0.1) is 0 Å². The van der Waals surface area contributed by atoms with Crippen LogP contribution in [0.15, 0.2) is 101 Å². The Balaban J connectivity index is 0.000000375. The number of nitrogens with zero attached hydrogens (tertiary/aromatic N) is 2. The lowest BCUT2D eigenvalue weighted by Crippen LogP contribution is -2.50. The van der Waals surface area contributed by atoms with Crippen LogP contribution < -0.4 is 16.6 Å². The number of amides is 1. The molecular formula is C33H35BN4O6. The number of pyridine rings is 2. The van der Waals surface area contributed by atoms with E-state index in [1.165, 1.54) is 24.4 Å². The molecule has 4 N–H and O–H groups in total. The molecule has 0 saturated carbocycles. The molecule has 2 aromatic heterocycles. The number of hydrogen-bond donors (Lipinski definition) is 4. The molecule has 226 valence electrons. The summed E-state index contributed by atoms with van der Waals surface area (Å²) >= 11 is 0. The van der Waals surface area contributed by atoms with Crippen molar-refractivity contribution in [3.05, 3.63) is 123 Å². The van der Waals surface area contributed by atoms with Crippen molar-refractivity contribution in [2.24, 2.45) is 5.41 Å². The van der Waals surface area contributed by atoms with Crippen LogP contribution in [-0.4, -0.2) is 44.7 Å². The number of carbonyl (C=O) groups excluding carboxylic acids is 1. The molecule has 1 aliphatic rings. The van der Waals surface area contributed by atoms with Gasteiger partial charge in [-0.1, -0.05) is 60.7 Å². The maximum absolute atomic E-state index is 13.3. The topological polar surface area (TPSA) is 160 Å². The lowest BCUT2D eigenvalue weighted by atomic mass is 9.75. The lowest BCUT2D eigenvalue weighted by molar-refractivity contribution is -0.0770. The normalized spacial score (nSPS) is 17.0. The van der Waals surface area contributed by atoms with Crippen LogP contribution in [0.5, 0.6) is 0 Å². The summed E-state index contributed by atoms with van der Waals surface area (Å²) in [6, 6.07) is 25.7. The van der Waals surface area contributed by atoms with E-state index in [1.807, 2.05) is 75.4 Å². The summed E-state index contributed by atoms with van der Waals surface area (Å²) < 4.78 is 6.16. The zero-order valence-corrected chi connectivity index (χ0v) is 24.9. The highest BCUT2D eigenvalue weighted by molar-refractivity contribution is 6.58. The van der Waals surface area contributed by atoms with E-state index in [0.29, 0.717) is 19.4 Å². The summed E-state index contributed by atoms with van der Waals surface area (Å²) in [7, 11) is -1.52. The summed E-state index contributed by atoms with van der Waals surface area (Å²) in [5.74, 6) is 0. The zero-order valence-electron chi connectivity index (χ0n) is 24.9. The first-order chi connectivity index (χ1) is 20.9. The number of ether oxygens (including phenoxy) is 1. The molecule has 1 fully saturated rings. The average molecular weight is 594 g/mol. The molecule has 44 heavy (non-hydrogen) atoms. The molecule has 1 saturated heterocycles. The Bertz CT molecular complexity index is 1690. The van der Waals surface area contributed by atoms with E-state index >= 15 is 0 Å². The third kappa shape index (κ3) is 7.72. The van der Waals surface area contributed by atoms with Crippen molar-refractivity contribution in [3.8, 4) is 17.2 Å². The van der Waals surface area contributed by atoms with Gasteiger partial charge in [0.1, 0.15) is 5.60 Å². The fourth-order valence-electron chi connectivity index (χ4n) is 5.25. The predicted octanol–water partition coefficient (Wildman–Crippen LogP) is 3.84. The van der Waals surface area contributed by atoms with Crippen molar-refractivity contribution in [2.45, 2.75) is 45.3 Å². The molecule has 0 bridgehead atoms. The smallest absolute Gasteiger partial charge is 0.438 e. The second kappa shape index (κ2) is 13.6. The molecule has 0 aliphatic carbocycles. The Kier molecular flexibility index (Phi) is 9.89. The van der Waals surface area contributed by atoms with Crippen molar-refractivity contribution >= 4 is 18.7 Å². The number of hydrogen-bond acceptors (Lipinski definition) is 7. The largest absolute Gasteiger partial charge is 0.489 e. The molecule has 0 spiro atoms. The van der Waals surface area contributed by atoms with Gasteiger partial charge in [0, 0.05) is 43.9 Å². The number of aromatic nitrogens is 2. The Morgan fingerprint density at radius 3 is 2.07 bits per heavy atom. The van der Waals surface area contributed by atoms with Crippen molar-refractivity contribution in [3.63, 3.8) is 0 Å². The molecule has 0 unspecified atom stereocenters.